The number of ether oxygens (including phenoxy) is 2. The maximum Gasteiger partial charge on any atom is 0.220 e. The van der Waals surface area contributed by atoms with E-state index < -0.39 is 0 Å². The fourth-order valence-electron chi connectivity index (χ4n) is 2.87. The number of para-hydroxylation sites is 1. The minimum atomic E-state index is -0.174. The van der Waals surface area contributed by atoms with Gasteiger partial charge in [0.05, 0.1) is 13.2 Å². The van der Waals surface area contributed by atoms with E-state index in [4.69, 9.17) is 9.47 Å². The Morgan fingerprint density at radius 3 is 2.86 bits per heavy atom. The Hall–Kier alpha value is -1.55. The molecule has 1 amide bonds. The van der Waals surface area contributed by atoms with Gasteiger partial charge in [-0.3, -0.25) is 4.79 Å². The topological polar surface area (TPSA) is 47.6 Å². The predicted octanol–water partition coefficient (Wildman–Crippen LogP) is 3.05. The Morgan fingerprint density at radius 1 is 1.41 bits per heavy atom. The maximum absolute atomic E-state index is 12.0. The van der Waals surface area contributed by atoms with Gasteiger partial charge in [-0.25, -0.2) is 0 Å². The van der Waals surface area contributed by atoms with E-state index in [2.05, 4.69) is 25.2 Å². The van der Waals surface area contributed by atoms with Crippen LogP contribution in [0.2, 0.25) is 0 Å². The number of amides is 1. The van der Waals surface area contributed by atoms with Gasteiger partial charge in [-0.2, -0.15) is 0 Å². The third kappa shape index (κ3) is 4.47. The molecule has 1 heterocycles. The molecule has 122 valence electrons. The molecule has 1 aliphatic rings. The van der Waals surface area contributed by atoms with Crippen LogP contribution in [0.1, 0.15) is 45.1 Å². The minimum absolute atomic E-state index is 0.0958. The molecule has 1 unspecified atom stereocenters. The normalized spacial score (nSPS) is 18.2. The van der Waals surface area contributed by atoms with Crippen molar-refractivity contribution in [3.63, 3.8) is 0 Å². The zero-order chi connectivity index (χ0) is 16.0. The maximum atomic E-state index is 12.0. The van der Waals surface area contributed by atoms with Gasteiger partial charge in [0, 0.05) is 30.6 Å². The van der Waals surface area contributed by atoms with Crippen LogP contribution in [-0.4, -0.2) is 32.3 Å². The summed E-state index contributed by atoms with van der Waals surface area (Å²) in [6.45, 7) is 5.67. The Labute approximate surface area is 133 Å². The molecule has 0 aliphatic carbocycles. The second kappa shape index (κ2) is 7.63. The highest BCUT2D eigenvalue weighted by molar-refractivity contribution is 5.76. The lowest BCUT2D eigenvalue weighted by Gasteiger charge is -2.27. The summed E-state index contributed by atoms with van der Waals surface area (Å²) in [4.78, 5) is 12.0. The van der Waals surface area contributed by atoms with E-state index in [1.165, 1.54) is 0 Å². The van der Waals surface area contributed by atoms with E-state index in [0.717, 1.165) is 37.2 Å². The largest absolute Gasteiger partial charge is 0.496 e. The number of methoxy groups -OCH3 is 1. The molecule has 0 spiro atoms. The van der Waals surface area contributed by atoms with Gasteiger partial charge >= 0.3 is 0 Å². The van der Waals surface area contributed by atoms with Crippen molar-refractivity contribution in [2.75, 3.05) is 20.3 Å². The molecule has 1 aliphatic heterocycles. The van der Waals surface area contributed by atoms with Gasteiger partial charge in [0.15, 0.2) is 0 Å². The third-order valence-corrected chi connectivity index (χ3v) is 4.28. The van der Waals surface area contributed by atoms with Crippen LogP contribution in [0, 0.1) is 0 Å². The fraction of sp³-hybridized carbons (Fsp3) is 0.611. The highest BCUT2D eigenvalue weighted by Gasteiger charge is 2.25. The van der Waals surface area contributed by atoms with Crippen molar-refractivity contribution >= 4 is 5.91 Å². The number of hydrogen-bond donors (Lipinski definition) is 1. The van der Waals surface area contributed by atoms with E-state index in [1.54, 1.807) is 7.11 Å². The second-order valence-electron chi connectivity index (χ2n) is 6.53. The molecule has 4 heteroatoms. The molecule has 0 radical (unpaired) electrons. The second-order valence-corrected chi connectivity index (χ2v) is 6.53. The molecule has 1 N–H and O–H groups in total. The highest BCUT2D eigenvalue weighted by atomic mass is 16.5. The molecule has 1 aromatic rings. The molecule has 1 fully saturated rings. The van der Waals surface area contributed by atoms with Gasteiger partial charge in [0.25, 0.3) is 0 Å². The Balaban J connectivity index is 1.84. The Bertz CT molecular complexity index is 493. The van der Waals surface area contributed by atoms with Gasteiger partial charge in [-0.15, -0.1) is 0 Å². The predicted molar refractivity (Wildman–Crippen MR) is 87.2 cm³/mol. The average Bonchev–Trinajstić information content (AvgIpc) is 3.04. The lowest BCUT2D eigenvalue weighted by molar-refractivity contribution is -0.121. The number of carbonyl (C=O) groups excluding carboxylic acids is 1. The lowest BCUT2D eigenvalue weighted by Crippen LogP contribution is -2.37. The monoisotopic (exact) mass is 305 g/mol. The summed E-state index contributed by atoms with van der Waals surface area (Å²) >= 11 is 0. The summed E-state index contributed by atoms with van der Waals surface area (Å²) in [5.41, 5.74) is 0.934. The van der Waals surface area contributed by atoms with Crippen LogP contribution in [0.3, 0.4) is 0 Å². The molecular weight excluding hydrogens is 278 g/mol. The quantitative estimate of drug-likeness (QED) is 0.842. The van der Waals surface area contributed by atoms with Crippen molar-refractivity contribution in [3.05, 3.63) is 29.8 Å². The fourth-order valence-corrected chi connectivity index (χ4v) is 2.87. The van der Waals surface area contributed by atoms with E-state index >= 15 is 0 Å². The zero-order valence-electron chi connectivity index (χ0n) is 13.9. The summed E-state index contributed by atoms with van der Waals surface area (Å²) in [5.74, 6) is 0.958. The first-order chi connectivity index (χ1) is 10.5. The first-order valence-corrected chi connectivity index (χ1v) is 8.05. The molecule has 0 saturated carbocycles. The lowest BCUT2D eigenvalue weighted by atomic mass is 9.84. The van der Waals surface area contributed by atoms with Crippen molar-refractivity contribution in [3.8, 4) is 5.75 Å². The number of benzene rings is 1. The van der Waals surface area contributed by atoms with E-state index in [9.17, 15) is 4.79 Å². The number of nitrogens with one attached hydrogen (secondary N) is 1. The van der Waals surface area contributed by atoms with Crippen LogP contribution >= 0.6 is 0 Å². The van der Waals surface area contributed by atoms with Crippen molar-refractivity contribution in [2.24, 2.45) is 0 Å². The van der Waals surface area contributed by atoms with Crippen LogP contribution in [0.4, 0.5) is 0 Å². The molecule has 1 aromatic carbocycles. The number of rotatable bonds is 7. The molecule has 1 saturated heterocycles. The summed E-state index contributed by atoms with van der Waals surface area (Å²) in [7, 11) is 1.68. The molecule has 0 aromatic heterocycles. The molecule has 22 heavy (non-hydrogen) atoms. The van der Waals surface area contributed by atoms with Crippen molar-refractivity contribution in [1.82, 2.24) is 5.32 Å². The molecule has 0 bridgehead atoms. The summed E-state index contributed by atoms with van der Waals surface area (Å²) in [5, 5.41) is 3.05. The van der Waals surface area contributed by atoms with Crippen LogP contribution in [-0.2, 0) is 14.9 Å². The molecule has 4 nitrogen and oxygen atoms in total. The summed E-state index contributed by atoms with van der Waals surface area (Å²) < 4.78 is 11.0. The van der Waals surface area contributed by atoms with Crippen LogP contribution in [0.25, 0.3) is 0 Å². The smallest absolute Gasteiger partial charge is 0.220 e. The number of hydrogen-bond acceptors (Lipinski definition) is 3. The summed E-state index contributed by atoms with van der Waals surface area (Å²) in [6, 6.07) is 7.96. The third-order valence-electron chi connectivity index (χ3n) is 4.28. The minimum Gasteiger partial charge on any atom is -0.496 e. The van der Waals surface area contributed by atoms with Crippen molar-refractivity contribution < 1.29 is 14.3 Å². The standard InChI is InChI=1S/C18H27NO3/c1-18(2,15-8-4-5-9-16(15)21-3)13-19-17(20)11-10-14-7-6-12-22-14/h4-5,8-9,14H,6-7,10-13H2,1-3H3,(H,19,20). The van der Waals surface area contributed by atoms with Crippen LogP contribution in [0.15, 0.2) is 24.3 Å². The van der Waals surface area contributed by atoms with Gasteiger partial charge in [-0.05, 0) is 25.3 Å². The zero-order valence-corrected chi connectivity index (χ0v) is 13.9. The SMILES string of the molecule is COc1ccccc1C(C)(C)CNC(=O)CCC1CCCO1. The summed E-state index contributed by atoms with van der Waals surface area (Å²) in [6.07, 6.45) is 3.83. The Kier molecular flexibility index (Phi) is 5.83. The van der Waals surface area contributed by atoms with Gasteiger partial charge in [0.1, 0.15) is 5.75 Å². The van der Waals surface area contributed by atoms with E-state index in [0.29, 0.717) is 13.0 Å². The molecular formula is C18H27NO3. The van der Waals surface area contributed by atoms with Crippen molar-refractivity contribution in [2.45, 2.75) is 51.0 Å². The van der Waals surface area contributed by atoms with Gasteiger partial charge in [0.2, 0.25) is 5.91 Å². The average molecular weight is 305 g/mol. The van der Waals surface area contributed by atoms with Crippen LogP contribution < -0.4 is 10.1 Å². The van der Waals surface area contributed by atoms with Gasteiger partial charge < -0.3 is 14.8 Å². The number of carbonyl (C=O) groups is 1. The first-order valence-electron chi connectivity index (χ1n) is 8.05. The van der Waals surface area contributed by atoms with Crippen molar-refractivity contribution in [1.29, 1.82) is 0 Å². The molecule has 2 rings (SSSR count). The van der Waals surface area contributed by atoms with Crippen LogP contribution in [0.5, 0.6) is 5.75 Å². The van der Waals surface area contributed by atoms with Gasteiger partial charge in [-0.1, -0.05) is 32.0 Å². The molecule has 1 atom stereocenters. The first kappa shape index (κ1) is 16.8. The Morgan fingerprint density at radius 2 is 2.18 bits per heavy atom. The van der Waals surface area contributed by atoms with E-state index in [1.807, 2.05) is 18.2 Å². The van der Waals surface area contributed by atoms with E-state index in [-0.39, 0.29) is 17.4 Å². The highest BCUT2D eigenvalue weighted by Crippen LogP contribution is 2.30.